The molecule has 4 rings (SSSR count). The number of carbonyl (C=O) groups is 2. The van der Waals surface area contributed by atoms with Crippen molar-refractivity contribution in [3.8, 4) is 22.6 Å². The molecule has 0 saturated carbocycles. The summed E-state index contributed by atoms with van der Waals surface area (Å²) in [6.07, 6.45) is 6.15. The van der Waals surface area contributed by atoms with Crippen LogP contribution in [0.15, 0.2) is 61.1 Å². The van der Waals surface area contributed by atoms with Crippen LogP contribution in [0.3, 0.4) is 0 Å². The third-order valence-corrected chi connectivity index (χ3v) is 5.41. The van der Waals surface area contributed by atoms with Gasteiger partial charge >= 0.3 is 5.97 Å². The first-order chi connectivity index (χ1) is 15.2. The average Bonchev–Trinajstić information content (AvgIpc) is 2.84. The van der Waals surface area contributed by atoms with Crippen LogP contribution in [0.25, 0.3) is 22.6 Å². The number of carbonyl (C=O) groups excluding carboxylic acids is 2. The van der Waals surface area contributed by atoms with Gasteiger partial charge in [0.2, 0.25) is 0 Å². The van der Waals surface area contributed by atoms with Crippen molar-refractivity contribution in [2.45, 2.75) is 19.8 Å². The zero-order chi connectivity index (χ0) is 21.6. The second-order valence-electron chi connectivity index (χ2n) is 7.38. The molecule has 1 aromatic carbocycles. The number of aromatic nitrogens is 3. The van der Waals surface area contributed by atoms with Crippen LogP contribution in [-0.2, 0) is 9.53 Å². The van der Waals surface area contributed by atoms with Gasteiger partial charge in [-0.25, -0.2) is 9.97 Å². The minimum atomic E-state index is -0.178. The summed E-state index contributed by atoms with van der Waals surface area (Å²) >= 11 is 0. The number of esters is 1. The Labute approximate surface area is 181 Å². The lowest BCUT2D eigenvalue weighted by atomic mass is 9.96. The van der Waals surface area contributed by atoms with Gasteiger partial charge in [-0.05, 0) is 31.9 Å². The summed E-state index contributed by atoms with van der Waals surface area (Å²) < 4.78 is 5.13. The van der Waals surface area contributed by atoms with Gasteiger partial charge in [-0.1, -0.05) is 30.3 Å². The fourth-order valence-corrected chi connectivity index (χ4v) is 3.74. The monoisotopic (exact) mass is 416 g/mol. The quantitative estimate of drug-likeness (QED) is 0.591. The maximum atomic E-state index is 13.4. The summed E-state index contributed by atoms with van der Waals surface area (Å²) in [5.41, 5.74) is 2.71. The van der Waals surface area contributed by atoms with Crippen LogP contribution >= 0.6 is 0 Å². The van der Waals surface area contributed by atoms with Crippen molar-refractivity contribution in [2.75, 3.05) is 19.7 Å². The van der Waals surface area contributed by atoms with Gasteiger partial charge in [-0.2, -0.15) is 0 Å². The standard InChI is InChI=1S/C24H24N4O3/c1-2-31-24(30)19-10-14-28(15-11-19)23(29)20-16-26-22(18-6-4-3-5-7-18)27-21(20)17-8-12-25-13-9-17/h3-9,12-13,16,19H,2,10-11,14-15H2,1H3. The lowest BCUT2D eigenvalue weighted by Crippen LogP contribution is -2.41. The molecule has 2 aromatic heterocycles. The van der Waals surface area contributed by atoms with Gasteiger partial charge in [-0.3, -0.25) is 14.6 Å². The predicted molar refractivity (Wildman–Crippen MR) is 116 cm³/mol. The highest BCUT2D eigenvalue weighted by molar-refractivity contribution is 6.00. The molecule has 0 aliphatic carbocycles. The number of nitrogens with zero attached hydrogens (tertiary/aromatic N) is 4. The summed E-state index contributed by atoms with van der Waals surface area (Å²) in [7, 11) is 0. The minimum Gasteiger partial charge on any atom is -0.466 e. The normalized spacial score (nSPS) is 14.3. The van der Waals surface area contributed by atoms with Crippen molar-refractivity contribution in [3.63, 3.8) is 0 Å². The number of piperidine rings is 1. The smallest absolute Gasteiger partial charge is 0.309 e. The summed E-state index contributed by atoms with van der Waals surface area (Å²) in [5, 5.41) is 0. The Kier molecular flexibility index (Phi) is 6.31. The third kappa shape index (κ3) is 4.60. The average molecular weight is 416 g/mol. The molecular weight excluding hydrogens is 392 g/mol. The molecular formula is C24H24N4O3. The van der Waals surface area contributed by atoms with Crippen LogP contribution in [-0.4, -0.2) is 51.4 Å². The SMILES string of the molecule is CCOC(=O)C1CCN(C(=O)c2cnc(-c3ccccc3)nc2-c2ccncc2)CC1. The van der Waals surface area contributed by atoms with E-state index in [9.17, 15) is 9.59 Å². The number of pyridine rings is 1. The van der Waals surface area contributed by atoms with Gasteiger partial charge in [-0.15, -0.1) is 0 Å². The van der Waals surface area contributed by atoms with Crippen LogP contribution in [0, 0.1) is 5.92 Å². The zero-order valence-electron chi connectivity index (χ0n) is 17.4. The minimum absolute atomic E-state index is 0.131. The number of benzene rings is 1. The molecule has 3 aromatic rings. The number of hydrogen-bond acceptors (Lipinski definition) is 6. The molecule has 0 spiro atoms. The van der Waals surface area contributed by atoms with E-state index in [1.807, 2.05) is 42.5 Å². The summed E-state index contributed by atoms with van der Waals surface area (Å²) in [5.74, 6) is 0.0988. The largest absolute Gasteiger partial charge is 0.466 e. The third-order valence-electron chi connectivity index (χ3n) is 5.41. The lowest BCUT2D eigenvalue weighted by Gasteiger charge is -2.31. The number of ether oxygens (including phenoxy) is 1. The fourth-order valence-electron chi connectivity index (χ4n) is 3.74. The molecule has 3 heterocycles. The molecule has 1 aliphatic rings. The first-order valence-corrected chi connectivity index (χ1v) is 10.5. The van der Waals surface area contributed by atoms with E-state index >= 15 is 0 Å². The van der Waals surface area contributed by atoms with Crippen LogP contribution in [0.5, 0.6) is 0 Å². The molecule has 1 aliphatic heterocycles. The number of amides is 1. The first-order valence-electron chi connectivity index (χ1n) is 10.5. The Balaban J connectivity index is 1.62. The molecule has 158 valence electrons. The Bertz CT molecular complexity index is 1050. The second kappa shape index (κ2) is 9.47. The number of hydrogen-bond donors (Lipinski definition) is 0. The molecule has 1 saturated heterocycles. The van der Waals surface area contributed by atoms with E-state index in [2.05, 4.69) is 9.97 Å². The summed E-state index contributed by atoms with van der Waals surface area (Å²) in [6.45, 7) is 3.17. The van der Waals surface area contributed by atoms with Gasteiger partial charge in [0.15, 0.2) is 5.82 Å². The van der Waals surface area contributed by atoms with Crippen LogP contribution in [0.1, 0.15) is 30.1 Å². The Morgan fingerprint density at radius 3 is 2.42 bits per heavy atom. The van der Waals surface area contributed by atoms with E-state index in [-0.39, 0.29) is 17.8 Å². The van der Waals surface area contributed by atoms with Crippen LogP contribution in [0.2, 0.25) is 0 Å². The van der Waals surface area contributed by atoms with Crippen molar-refractivity contribution in [3.05, 3.63) is 66.6 Å². The van der Waals surface area contributed by atoms with Crippen LogP contribution < -0.4 is 0 Å². The van der Waals surface area contributed by atoms with E-state index in [1.54, 1.807) is 30.4 Å². The fraction of sp³-hybridized carbons (Fsp3) is 0.292. The number of rotatable bonds is 5. The van der Waals surface area contributed by atoms with Crippen molar-refractivity contribution in [1.29, 1.82) is 0 Å². The van der Waals surface area contributed by atoms with Crippen molar-refractivity contribution < 1.29 is 14.3 Å². The van der Waals surface area contributed by atoms with Gasteiger partial charge < -0.3 is 9.64 Å². The zero-order valence-corrected chi connectivity index (χ0v) is 17.4. The maximum Gasteiger partial charge on any atom is 0.309 e. The Morgan fingerprint density at radius 2 is 1.74 bits per heavy atom. The van der Waals surface area contributed by atoms with Gasteiger partial charge in [0.25, 0.3) is 5.91 Å². The molecule has 31 heavy (non-hydrogen) atoms. The molecule has 0 unspecified atom stereocenters. The molecule has 0 atom stereocenters. The van der Waals surface area contributed by atoms with E-state index in [0.717, 1.165) is 11.1 Å². The van der Waals surface area contributed by atoms with Crippen molar-refractivity contribution in [1.82, 2.24) is 19.9 Å². The summed E-state index contributed by atoms with van der Waals surface area (Å²) in [4.78, 5) is 40.4. The highest BCUT2D eigenvalue weighted by Gasteiger charge is 2.30. The summed E-state index contributed by atoms with van der Waals surface area (Å²) in [6, 6.07) is 13.3. The van der Waals surface area contributed by atoms with Crippen molar-refractivity contribution >= 4 is 11.9 Å². The van der Waals surface area contributed by atoms with E-state index in [4.69, 9.17) is 9.72 Å². The molecule has 7 heteroatoms. The molecule has 0 radical (unpaired) electrons. The lowest BCUT2D eigenvalue weighted by molar-refractivity contribution is -0.149. The molecule has 0 N–H and O–H groups in total. The molecule has 0 bridgehead atoms. The Morgan fingerprint density at radius 1 is 1.03 bits per heavy atom. The van der Waals surface area contributed by atoms with Crippen molar-refractivity contribution in [2.24, 2.45) is 5.92 Å². The van der Waals surface area contributed by atoms with E-state index in [0.29, 0.717) is 49.6 Å². The van der Waals surface area contributed by atoms with Gasteiger partial charge in [0.05, 0.1) is 23.8 Å². The topological polar surface area (TPSA) is 85.3 Å². The first kappa shape index (κ1) is 20.7. The van der Waals surface area contributed by atoms with Crippen LogP contribution in [0.4, 0.5) is 0 Å². The maximum absolute atomic E-state index is 13.4. The molecule has 1 amide bonds. The van der Waals surface area contributed by atoms with Gasteiger partial charge in [0.1, 0.15) is 0 Å². The predicted octanol–water partition coefficient (Wildman–Crippen LogP) is 3.62. The highest BCUT2D eigenvalue weighted by atomic mass is 16.5. The van der Waals surface area contributed by atoms with E-state index in [1.165, 1.54) is 0 Å². The highest BCUT2D eigenvalue weighted by Crippen LogP contribution is 2.27. The second-order valence-corrected chi connectivity index (χ2v) is 7.38. The molecule has 1 fully saturated rings. The van der Waals surface area contributed by atoms with E-state index < -0.39 is 0 Å². The molecule has 7 nitrogen and oxygen atoms in total. The number of likely N-dealkylation sites (tertiary alicyclic amines) is 1. The van der Waals surface area contributed by atoms with Gasteiger partial charge in [0, 0.05) is 42.8 Å². The Hall–Kier alpha value is -3.61.